The van der Waals surface area contributed by atoms with Crippen LogP contribution in [0, 0.1) is 0 Å². The van der Waals surface area contributed by atoms with Gasteiger partial charge in [-0.25, -0.2) is 121 Å². The van der Waals surface area contributed by atoms with Crippen LogP contribution in [0.3, 0.4) is 0 Å². The fourth-order valence-corrected chi connectivity index (χ4v) is 2.32. The highest BCUT2D eigenvalue weighted by Crippen LogP contribution is 1.88. The van der Waals surface area contributed by atoms with Crippen LogP contribution in [0.25, 0.3) is 0 Å². The van der Waals surface area contributed by atoms with Crippen LogP contribution < -0.4 is 200 Å². The van der Waals surface area contributed by atoms with Crippen molar-refractivity contribution in [2.24, 2.45) is 115 Å². The second-order valence-electron chi connectivity index (χ2n) is 16.3. The normalized spacial score (nSPS) is 7.85. The first-order chi connectivity index (χ1) is 45.2. The summed E-state index contributed by atoms with van der Waals surface area (Å²) in [7, 11) is 0. The fourth-order valence-electron chi connectivity index (χ4n) is 2.32. The molecule has 64 heteroatoms. The monoisotopic (exact) mass is 1550 g/mol. The summed E-state index contributed by atoms with van der Waals surface area (Å²) in [6.07, 6.45) is -4.09. The van der Waals surface area contributed by atoms with Gasteiger partial charge in [0.1, 0.15) is 0 Å². The van der Waals surface area contributed by atoms with E-state index in [2.05, 4.69) is 134 Å². The second kappa shape index (κ2) is 91.2. The number of alkyl carbamates (subject to hydrolysis) is 2. The number of imide groups is 5. The molecule has 0 unspecified atom stereocenters. The van der Waals surface area contributed by atoms with Gasteiger partial charge in [0.05, 0.1) is 24.4 Å². The van der Waals surface area contributed by atoms with Crippen molar-refractivity contribution in [2.75, 3.05) is 0 Å². The molecule has 0 aliphatic rings. The van der Waals surface area contributed by atoms with Gasteiger partial charge in [0.25, 0.3) is 0 Å². The largest absolute Gasteiger partial charge is 0.447 e. The van der Waals surface area contributed by atoms with E-state index in [4.69, 9.17) is 34.2 Å². The van der Waals surface area contributed by atoms with E-state index in [1.807, 2.05) is 0 Å². The Kier molecular flexibility index (Phi) is 120. The first-order valence-corrected chi connectivity index (χ1v) is 25.2. The standard InChI is InChI=1S/2C5H10N2O3.2C4H9NO2.2C3H3N3O3.2C3H8O.3C2H5N3O2.5CH4N2O.4H3N/c2*1-3(2)10-5(9)7-4(6)8;2*1-3(2)7-4(5)6;2*7-1-4-2(8)6-3(9)5-1;2*1-3(2)4;3*3-1(6)5-2(4)7;5*2-1(3)4;;;;/h2*3H,1-2H3,(H3,6,7,8,9);2*3H,1-2H3,(H2,5,6);2*(H3,4,5,6,7,8,9);2*3-4H,1-2H3;3*(H5,3,4,5,6,7);5*(H4,2,3,4);4*1H3. The summed E-state index contributed by atoms with van der Waals surface area (Å²) in [5.41, 5.74) is 82.8. The lowest BCUT2D eigenvalue weighted by Crippen LogP contribution is -2.38. The first kappa shape index (κ1) is 138. The zero-order valence-electron chi connectivity index (χ0n) is 58.8. The fraction of sp³-hybridized carbons (Fsp3) is 0.439. The van der Waals surface area contributed by atoms with E-state index in [1.165, 1.54) is 0 Å². The highest BCUT2D eigenvalue weighted by Gasteiger charge is 2.07. The molecule has 0 spiro atoms. The Bertz CT molecular complexity index is 2620. The van der Waals surface area contributed by atoms with E-state index in [1.54, 1.807) is 140 Å². The number of nitrogens with two attached hydrogens (primary N) is 20. The number of primary amides is 20. The molecule has 105 heavy (non-hydrogen) atoms. The van der Waals surface area contributed by atoms with Crippen LogP contribution in [-0.2, 0) is 18.9 Å². The molecule has 2 heterocycles. The smallest absolute Gasteiger partial charge is 0.415 e. The predicted molar refractivity (Wildman–Crippen MR) is 367 cm³/mol. The number of nitrogens with one attached hydrogen (secondary N) is 11. The first-order valence-electron chi connectivity index (χ1n) is 25.2. The zero-order valence-corrected chi connectivity index (χ0v) is 58.8. The van der Waals surface area contributed by atoms with Gasteiger partial charge in [0, 0.05) is 12.2 Å². The Balaban J connectivity index is -0.0000000484. The minimum Gasteiger partial charge on any atom is -0.447 e. The summed E-state index contributed by atoms with van der Waals surface area (Å²) >= 11 is 0. The SMILES string of the molecule is CC(C)O.CC(C)O.CC(C)OC(=O)NC(N)=O.CC(C)OC(=O)NC(N)=O.CC(C)OC(N)=O.CC(C)OC(N)=O.N.N.N.N.NC(=O)NC(N)=O.NC(=O)NC(N)=O.NC(=O)NC(N)=O.NC(N)=O.NC(N)=O.NC(N)=O.NC(N)=O.NC(N)=O.O=c1[nH]c(=O)[nH]c(=O)[nH]1.O=c1[nH]c(=O)[nH]c(=O)[nH]1. The summed E-state index contributed by atoms with van der Waals surface area (Å²) in [5.74, 6) is 0. The molecule has 2 aromatic rings. The number of carbonyl (C=O) groups excluding carboxylic acids is 17. The zero-order chi connectivity index (χ0) is 84.3. The lowest BCUT2D eigenvalue weighted by atomic mass is 10.5. The average molecular weight is 1550 g/mol. The Labute approximate surface area is 591 Å². The van der Waals surface area contributed by atoms with Crippen LogP contribution in [0.4, 0.5) is 81.5 Å². The van der Waals surface area contributed by atoms with Gasteiger partial charge >= 0.3 is 137 Å². The molecular weight excluding hydrogens is 1450 g/mol. The molecule has 2 aromatic heterocycles. The molecule has 65 N–H and O–H groups in total. The molecular formula is C41H107N35O29. The Morgan fingerprint density at radius 2 is 0.343 bits per heavy atom. The van der Waals surface area contributed by atoms with Gasteiger partial charge < -0.3 is 168 Å². The molecule has 0 saturated heterocycles. The van der Waals surface area contributed by atoms with Crippen molar-refractivity contribution in [1.29, 1.82) is 0 Å². The minimum atomic E-state index is -0.938. The molecule has 30 amide bonds. The second-order valence-corrected chi connectivity index (χ2v) is 16.3. The number of amides is 30. The molecule has 0 aromatic carbocycles. The highest BCUT2D eigenvalue weighted by atomic mass is 16.6. The number of urea groups is 13. The van der Waals surface area contributed by atoms with Gasteiger partial charge in [-0.1, -0.05) is 0 Å². The molecule has 0 radical (unpaired) electrons. The maximum absolute atomic E-state index is 10.4. The number of H-pyrrole nitrogens is 6. The number of hydrogen-bond donors (Lipinski definition) is 37. The van der Waals surface area contributed by atoms with Crippen LogP contribution in [0.5, 0.6) is 0 Å². The topological polar surface area (TPSA) is 1290 Å². The maximum atomic E-state index is 10.4. The molecule has 2 rings (SSSR count). The van der Waals surface area contributed by atoms with Gasteiger partial charge in [0.15, 0.2) is 0 Å². The van der Waals surface area contributed by atoms with Gasteiger partial charge in [-0.3, -0.25) is 45.9 Å². The van der Waals surface area contributed by atoms with E-state index in [0.29, 0.717) is 0 Å². The highest BCUT2D eigenvalue weighted by molar-refractivity contribution is 5.93. The molecule has 0 atom stereocenters. The molecule has 0 fully saturated rings. The van der Waals surface area contributed by atoms with Crippen molar-refractivity contribution in [2.45, 2.75) is 120 Å². The van der Waals surface area contributed by atoms with Gasteiger partial charge in [0.2, 0.25) is 0 Å². The summed E-state index contributed by atoms with van der Waals surface area (Å²) in [4.78, 5) is 235. The van der Waals surface area contributed by atoms with Crippen LogP contribution in [-0.4, -0.2) is 180 Å². The Morgan fingerprint density at radius 1 is 0.248 bits per heavy atom. The summed E-state index contributed by atoms with van der Waals surface area (Å²) < 4.78 is 17.8. The lowest BCUT2D eigenvalue weighted by Gasteiger charge is -2.05. The Hall–Kier alpha value is -14.8. The van der Waals surface area contributed by atoms with E-state index in [0.717, 1.165) is 0 Å². The molecule has 0 bridgehead atoms. The van der Waals surface area contributed by atoms with Gasteiger partial charge in [-0.15, -0.1) is 0 Å². The third kappa shape index (κ3) is 332. The Morgan fingerprint density at radius 3 is 0.390 bits per heavy atom. The number of rotatable bonds is 4. The van der Waals surface area contributed by atoms with E-state index >= 15 is 0 Å². The summed E-state index contributed by atoms with van der Waals surface area (Å²) in [5, 5.41) is 24.4. The molecule has 0 aliphatic heterocycles. The number of aromatic amines is 6. The van der Waals surface area contributed by atoms with Crippen molar-refractivity contribution in [3.63, 3.8) is 0 Å². The number of aliphatic hydroxyl groups is 2. The quantitative estimate of drug-likeness (QED) is 0.126. The third-order valence-electron chi connectivity index (χ3n) is 3.94. The number of aromatic nitrogens is 6. The molecule has 0 aliphatic carbocycles. The van der Waals surface area contributed by atoms with Crippen LogP contribution in [0.15, 0.2) is 28.8 Å². The van der Waals surface area contributed by atoms with Gasteiger partial charge in [-0.2, -0.15) is 0 Å². The van der Waals surface area contributed by atoms with E-state index in [-0.39, 0.29) is 61.2 Å². The van der Waals surface area contributed by atoms with Crippen LogP contribution in [0.2, 0.25) is 0 Å². The number of carbonyl (C=O) groups is 17. The van der Waals surface area contributed by atoms with Crippen LogP contribution >= 0.6 is 0 Å². The number of hydrogen-bond acceptors (Lipinski definition) is 33. The molecule has 0 saturated carbocycles. The van der Waals surface area contributed by atoms with Crippen molar-refractivity contribution in [3.8, 4) is 0 Å². The van der Waals surface area contributed by atoms with Crippen molar-refractivity contribution in [1.82, 2.24) is 81.1 Å². The van der Waals surface area contributed by atoms with Crippen molar-refractivity contribution in [3.05, 3.63) is 62.9 Å². The molecule has 620 valence electrons. The van der Waals surface area contributed by atoms with E-state index < -0.39 is 137 Å². The molecule has 64 nitrogen and oxygen atoms in total. The predicted octanol–water partition coefficient (Wildman–Crippen LogP) is -10.4. The van der Waals surface area contributed by atoms with Crippen LogP contribution in [0.1, 0.15) is 83.1 Å². The van der Waals surface area contributed by atoms with Gasteiger partial charge in [-0.05, 0) is 83.1 Å². The average Bonchev–Trinajstić information content (AvgIpc) is 0.923. The third-order valence-corrected chi connectivity index (χ3v) is 3.94. The summed E-state index contributed by atoms with van der Waals surface area (Å²) in [6, 6.07) is -11.6. The summed E-state index contributed by atoms with van der Waals surface area (Å²) in [6.45, 7) is 20.5. The lowest BCUT2D eigenvalue weighted by molar-refractivity contribution is 0.116. The number of aliphatic hydroxyl groups excluding tert-OH is 2. The van der Waals surface area contributed by atoms with E-state index in [9.17, 15) is 86.3 Å². The minimum absolute atomic E-state index is 0. The van der Waals surface area contributed by atoms with Crippen molar-refractivity contribution >= 4 is 103 Å². The van der Waals surface area contributed by atoms with Crippen molar-refractivity contribution < 1.29 is 111 Å². The maximum Gasteiger partial charge on any atom is 0.415 e. The number of ether oxygens (including phenoxy) is 4.